The molecule has 0 aliphatic heterocycles. The van der Waals surface area contributed by atoms with Crippen LogP contribution < -0.4 is 14.8 Å². The molecule has 2 rings (SSSR count). The number of hydrogen-bond acceptors (Lipinski definition) is 5. The van der Waals surface area contributed by atoms with Gasteiger partial charge in [0, 0.05) is 20.1 Å². The third kappa shape index (κ3) is 6.74. The zero-order valence-corrected chi connectivity index (χ0v) is 19.1. The van der Waals surface area contributed by atoms with Crippen molar-refractivity contribution in [1.29, 1.82) is 5.26 Å². The summed E-state index contributed by atoms with van der Waals surface area (Å²) < 4.78 is 11.5. The van der Waals surface area contributed by atoms with Crippen molar-refractivity contribution in [3.8, 4) is 17.6 Å². The topological polar surface area (TPSA) is 91.7 Å². The maximum absolute atomic E-state index is 12.7. The Morgan fingerprint density at radius 1 is 1.29 bits per heavy atom. The van der Waals surface area contributed by atoms with E-state index in [4.69, 9.17) is 9.47 Å². The second-order valence-corrected chi connectivity index (χ2v) is 8.14. The fourth-order valence-corrected chi connectivity index (χ4v) is 3.68. The van der Waals surface area contributed by atoms with Crippen molar-refractivity contribution in [1.82, 2.24) is 10.2 Å². The summed E-state index contributed by atoms with van der Waals surface area (Å²) in [5.74, 6) is 0.774. The van der Waals surface area contributed by atoms with Gasteiger partial charge in [-0.3, -0.25) is 9.59 Å². The molecule has 1 N–H and O–H groups in total. The maximum atomic E-state index is 12.7. The number of rotatable bonds is 8. The number of carbonyl (C=O) groups is 2. The summed E-state index contributed by atoms with van der Waals surface area (Å²) in [5, 5.41) is 12.5. The van der Waals surface area contributed by atoms with Gasteiger partial charge in [-0.15, -0.1) is 0 Å². The summed E-state index contributed by atoms with van der Waals surface area (Å²) in [6, 6.07) is 7.24. The van der Waals surface area contributed by atoms with Crippen LogP contribution in [0.4, 0.5) is 0 Å². The molecule has 2 amide bonds. The third-order valence-corrected chi connectivity index (χ3v) is 5.46. The van der Waals surface area contributed by atoms with E-state index in [0.29, 0.717) is 29.6 Å². The number of ether oxygens (including phenoxy) is 2. The minimum Gasteiger partial charge on any atom is -0.490 e. The summed E-state index contributed by atoms with van der Waals surface area (Å²) >= 11 is 0. The molecule has 1 aromatic rings. The first-order chi connectivity index (χ1) is 14.8. The van der Waals surface area contributed by atoms with Crippen molar-refractivity contribution >= 4 is 17.9 Å². The van der Waals surface area contributed by atoms with Gasteiger partial charge in [0.1, 0.15) is 11.6 Å². The Hall–Kier alpha value is -3.01. The van der Waals surface area contributed by atoms with Gasteiger partial charge in [-0.1, -0.05) is 25.8 Å². The van der Waals surface area contributed by atoms with Crippen LogP contribution in [0.25, 0.3) is 6.08 Å². The molecule has 0 unspecified atom stereocenters. The number of hydrogen-bond donors (Lipinski definition) is 1. The molecule has 1 saturated carbocycles. The number of nitrogens with zero attached hydrogens (tertiary/aromatic N) is 2. The van der Waals surface area contributed by atoms with Crippen molar-refractivity contribution in [2.45, 2.75) is 58.6 Å². The second kappa shape index (κ2) is 11.4. The molecule has 31 heavy (non-hydrogen) atoms. The first-order valence-corrected chi connectivity index (χ1v) is 10.8. The predicted molar refractivity (Wildman–Crippen MR) is 120 cm³/mol. The Morgan fingerprint density at radius 2 is 2.00 bits per heavy atom. The molecule has 0 spiro atoms. The van der Waals surface area contributed by atoms with Gasteiger partial charge < -0.3 is 19.7 Å². The van der Waals surface area contributed by atoms with Gasteiger partial charge in [-0.2, -0.15) is 5.26 Å². The highest BCUT2D eigenvalue weighted by molar-refractivity contribution is 6.01. The zero-order valence-electron chi connectivity index (χ0n) is 19.1. The molecule has 7 heteroatoms. The van der Waals surface area contributed by atoms with Gasteiger partial charge >= 0.3 is 0 Å². The molecule has 1 aliphatic rings. The van der Waals surface area contributed by atoms with Crippen LogP contribution in [0.5, 0.6) is 11.5 Å². The van der Waals surface area contributed by atoms with Crippen LogP contribution in [-0.4, -0.2) is 49.6 Å². The summed E-state index contributed by atoms with van der Waals surface area (Å²) in [6.07, 6.45) is 5.18. The summed E-state index contributed by atoms with van der Waals surface area (Å²) in [6.45, 7) is 6.07. The molecule has 0 saturated heterocycles. The van der Waals surface area contributed by atoms with E-state index in [9.17, 15) is 14.9 Å². The van der Waals surface area contributed by atoms with E-state index in [1.54, 1.807) is 45.3 Å². The molecule has 0 bridgehead atoms. The molecule has 7 nitrogen and oxygen atoms in total. The highest BCUT2D eigenvalue weighted by Crippen LogP contribution is 2.30. The van der Waals surface area contributed by atoms with Crippen LogP contribution in [0.15, 0.2) is 23.8 Å². The largest absolute Gasteiger partial charge is 0.490 e. The van der Waals surface area contributed by atoms with E-state index >= 15 is 0 Å². The third-order valence-electron chi connectivity index (χ3n) is 5.46. The smallest absolute Gasteiger partial charge is 0.262 e. The summed E-state index contributed by atoms with van der Waals surface area (Å²) in [7, 11) is 3.34. The molecule has 3 atom stereocenters. The van der Waals surface area contributed by atoms with Crippen LogP contribution in [-0.2, 0) is 9.59 Å². The van der Waals surface area contributed by atoms with Gasteiger partial charge in [-0.05, 0) is 56.4 Å². The molecule has 1 fully saturated rings. The highest BCUT2D eigenvalue weighted by Gasteiger charge is 2.24. The SMILES string of the molecule is CCOc1cc(/C=C(\C#N)C(=O)N[C@@H]2CCCC[C@H]2C)ccc1O[C@@H](C)C(=O)N(C)C. The fraction of sp³-hybridized carbons (Fsp3) is 0.542. The molecule has 0 aromatic heterocycles. The van der Waals surface area contributed by atoms with Crippen molar-refractivity contribution in [3.05, 3.63) is 29.3 Å². The Kier molecular flexibility index (Phi) is 8.92. The Morgan fingerprint density at radius 3 is 2.61 bits per heavy atom. The first-order valence-electron chi connectivity index (χ1n) is 10.8. The lowest BCUT2D eigenvalue weighted by atomic mass is 9.86. The Labute approximate surface area is 185 Å². The number of carbonyl (C=O) groups excluding carboxylic acids is 2. The van der Waals surface area contributed by atoms with Gasteiger partial charge in [0.05, 0.1) is 6.61 Å². The number of nitrogens with one attached hydrogen (secondary N) is 1. The highest BCUT2D eigenvalue weighted by atomic mass is 16.5. The standard InChI is InChI=1S/C24H33N3O4/c1-6-30-22-14-18(11-12-21(22)31-17(3)24(29)27(4)5)13-19(15-25)23(28)26-20-10-8-7-9-16(20)2/h11-14,16-17,20H,6-10H2,1-5H3,(H,26,28)/b19-13+/t16-,17+,20-/m1/s1. The molecule has 168 valence electrons. The van der Waals surface area contributed by atoms with Crippen LogP contribution in [0.3, 0.4) is 0 Å². The maximum Gasteiger partial charge on any atom is 0.262 e. The summed E-state index contributed by atoms with van der Waals surface area (Å²) in [4.78, 5) is 26.2. The van der Waals surface area contributed by atoms with Crippen molar-refractivity contribution in [3.63, 3.8) is 0 Å². The van der Waals surface area contributed by atoms with Crippen molar-refractivity contribution in [2.75, 3.05) is 20.7 Å². The lowest BCUT2D eigenvalue weighted by Gasteiger charge is -2.29. The van der Waals surface area contributed by atoms with Crippen LogP contribution in [0.2, 0.25) is 0 Å². The van der Waals surface area contributed by atoms with E-state index in [-0.39, 0.29) is 23.4 Å². The lowest BCUT2D eigenvalue weighted by molar-refractivity contribution is -0.135. The van der Waals surface area contributed by atoms with Gasteiger partial charge in [0.25, 0.3) is 11.8 Å². The van der Waals surface area contributed by atoms with Gasteiger partial charge in [-0.25, -0.2) is 0 Å². The first kappa shape index (κ1) is 24.3. The number of benzene rings is 1. The minimum atomic E-state index is -0.673. The van der Waals surface area contributed by atoms with Crippen LogP contribution in [0, 0.1) is 17.2 Å². The zero-order chi connectivity index (χ0) is 23.0. The Balaban J connectivity index is 2.20. The van der Waals surface area contributed by atoms with E-state index < -0.39 is 6.10 Å². The number of likely N-dealkylation sites (N-methyl/N-ethyl adjacent to an activating group) is 1. The average Bonchev–Trinajstić information content (AvgIpc) is 2.74. The van der Waals surface area contributed by atoms with Crippen molar-refractivity contribution < 1.29 is 19.1 Å². The van der Waals surface area contributed by atoms with E-state index in [0.717, 1.165) is 19.3 Å². The molecule has 1 aliphatic carbocycles. The fourth-order valence-electron chi connectivity index (χ4n) is 3.68. The monoisotopic (exact) mass is 427 g/mol. The van der Waals surface area contributed by atoms with Gasteiger partial charge in [0.15, 0.2) is 17.6 Å². The quantitative estimate of drug-likeness (QED) is 0.506. The lowest BCUT2D eigenvalue weighted by Crippen LogP contribution is -2.41. The van der Waals surface area contributed by atoms with Gasteiger partial charge in [0.2, 0.25) is 0 Å². The molecular weight excluding hydrogens is 394 g/mol. The Bertz CT molecular complexity index is 857. The normalized spacial score (nSPS) is 19.7. The number of amides is 2. The van der Waals surface area contributed by atoms with Crippen LogP contribution >= 0.6 is 0 Å². The summed E-state index contributed by atoms with van der Waals surface area (Å²) in [5.41, 5.74) is 0.691. The minimum absolute atomic E-state index is 0.0463. The molecule has 1 aromatic carbocycles. The van der Waals surface area contributed by atoms with E-state index in [2.05, 4.69) is 12.2 Å². The molecule has 0 radical (unpaired) electrons. The molecular formula is C24H33N3O4. The number of nitriles is 1. The molecule has 0 heterocycles. The predicted octanol–water partition coefficient (Wildman–Crippen LogP) is 3.54. The van der Waals surface area contributed by atoms with E-state index in [1.165, 1.54) is 11.3 Å². The average molecular weight is 428 g/mol. The van der Waals surface area contributed by atoms with Crippen molar-refractivity contribution in [2.24, 2.45) is 5.92 Å². The van der Waals surface area contributed by atoms with Crippen LogP contribution in [0.1, 0.15) is 52.0 Å². The second-order valence-electron chi connectivity index (χ2n) is 8.14. The van der Waals surface area contributed by atoms with E-state index in [1.807, 2.05) is 13.0 Å².